The van der Waals surface area contributed by atoms with Crippen molar-refractivity contribution in [3.8, 4) is 44.9 Å². The van der Waals surface area contributed by atoms with Gasteiger partial charge in [-0.25, -0.2) is 9.97 Å². The quantitative estimate of drug-likeness (QED) is 0.187. The Balaban J connectivity index is 1.14. The minimum absolute atomic E-state index is 0.677. The number of rotatable bonds is 4. The van der Waals surface area contributed by atoms with Crippen LogP contribution in [-0.2, 0) is 0 Å². The van der Waals surface area contributed by atoms with Crippen LogP contribution in [-0.4, -0.2) is 9.97 Å². The van der Waals surface area contributed by atoms with E-state index in [1.165, 1.54) is 15.8 Å². The summed E-state index contributed by atoms with van der Waals surface area (Å²) < 4.78 is 14.9. The van der Waals surface area contributed by atoms with Gasteiger partial charge in [0.2, 0.25) is 0 Å². The zero-order valence-corrected chi connectivity index (χ0v) is 27.9. The first-order chi connectivity index (χ1) is 25.2. The van der Waals surface area contributed by atoms with Crippen molar-refractivity contribution in [1.29, 1.82) is 0 Å². The first kappa shape index (κ1) is 28.3. The lowest BCUT2D eigenvalue weighted by Crippen LogP contribution is -1.94. The molecule has 0 amide bonds. The molecule has 11 aromatic rings. The smallest absolute Gasteiger partial charge is 0.161 e. The molecule has 7 aromatic carbocycles. The third kappa shape index (κ3) is 4.45. The van der Waals surface area contributed by atoms with Gasteiger partial charge in [0.25, 0.3) is 0 Å². The number of aromatic nitrogens is 2. The van der Waals surface area contributed by atoms with Gasteiger partial charge in [0, 0.05) is 42.8 Å². The summed E-state index contributed by atoms with van der Waals surface area (Å²) in [6, 6.07) is 54.9. The van der Waals surface area contributed by atoms with E-state index >= 15 is 0 Å². The first-order valence-electron chi connectivity index (χ1n) is 17.0. The van der Waals surface area contributed by atoms with Crippen molar-refractivity contribution >= 4 is 75.5 Å². The van der Waals surface area contributed by atoms with Crippen molar-refractivity contribution < 1.29 is 8.83 Å². The van der Waals surface area contributed by atoms with E-state index < -0.39 is 0 Å². The van der Waals surface area contributed by atoms with Gasteiger partial charge in [-0.2, -0.15) is 0 Å². The Morgan fingerprint density at radius 1 is 0.412 bits per heavy atom. The highest BCUT2D eigenvalue weighted by Crippen LogP contribution is 2.43. The Hall–Kier alpha value is -6.56. The number of nitrogens with zero attached hydrogens (tertiary/aromatic N) is 2. The fraction of sp³-hybridized carbons (Fsp3) is 0. The van der Waals surface area contributed by atoms with Gasteiger partial charge < -0.3 is 8.83 Å². The summed E-state index contributed by atoms with van der Waals surface area (Å²) in [5.41, 5.74) is 11.9. The third-order valence-electron chi connectivity index (χ3n) is 9.91. The molecule has 0 radical (unpaired) electrons. The van der Waals surface area contributed by atoms with Crippen molar-refractivity contribution in [3.05, 3.63) is 158 Å². The van der Waals surface area contributed by atoms with Crippen molar-refractivity contribution in [2.45, 2.75) is 0 Å². The highest BCUT2D eigenvalue weighted by Gasteiger charge is 2.21. The summed E-state index contributed by atoms with van der Waals surface area (Å²) in [7, 11) is 0. The Labute approximate surface area is 295 Å². The van der Waals surface area contributed by atoms with Crippen LogP contribution >= 0.6 is 11.3 Å². The van der Waals surface area contributed by atoms with Crippen LogP contribution < -0.4 is 0 Å². The number of para-hydroxylation sites is 1. The second-order valence-electron chi connectivity index (χ2n) is 12.9. The van der Waals surface area contributed by atoms with Crippen LogP contribution in [0.4, 0.5) is 0 Å². The maximum absolute atomic E-state index is 6.47. The lowest BCUT2D eigenvalue weighted by atomic mass is 9.99. The van der Waals surface area contributed by atoms with E-state index in [0.29, 0.717) is 5.82 Å². The SMILES string of the molecule is c1ccc(-c2ccc3sc4c(-c5ccccc5)nc(-c5cccc6oc7ccc(-c8ccc9oc%10ccccc%10c9c8)cc7c56)nc4c3c2)cc1. The molecule has 0 bridgehead atoms. The van der Waals surface area contributed by atoms with Crippen molar-refractivity contribution in [2.75, 3.05) is 0 Å². The minimum atomic E-state index is 0.677. The number of thiophene rings is 1. The lowest BCUT2D eigenvalue weighted by Gasteiger charge is -2.08. The second kappa shape index (κ2) is 11.0. The van der Waals surface area contributed by atoms with Gasteiger partial charge in [-0.3, -0.25) is 0 Å². The van der Waals surface area contributed by atoms with Crippen LogP contribution in [0, 0.1) is 0 Å². The molecule has 4 nitrogen and oxygen atoms in total. The molecule has 0 spiro atoms. The van der Waals surface area contributed by atoms with E-state index in [9.17, 15) is 0 Å². The average molecular weight is 671 g/mol. The Kier molecular flexibility index (Phi) is 6.09. The molecule has 0 aliphatic carbocycles. The molecule has 0 aliphatic heterocycles. The Bertz CT molecular complexity index is 3140. The second-order valence-corrected chi connectivity index (χ2v) is 14.0. The Morgan fingerprint density at radius 2 is 1.02 bits per heavy atom. The van der Waals surface area contributed by atoms with E-state index in [2.05, 4.69) is 127 Å². The van der Waals surface area contributed by atoms with E-state index in [-0.39, 0.29) is 0 Å². The monoisotopic (exact) mass is 670 g/mol. The van der Waals surface area contributed by atoms with Gasteiger partial charge in [0.1, 0.15) is 22.3 Å². The van der Waals surface area contributed by atoms with Crippen LogP contribution in [0.1, 0.15) is 0 Å². The molecule has 11 rings (SSSR count). The van der Waals surface area contributed by atoms with Gasteiger partial charge in [0.05, 0.1) is 15.9 Å². The molecule has 0 N–H and O–H groups in total. The first-order valence-corrected chi connectivity index (χ1v) is 17.8. The number of benzene rings is 7. The van der Waals surface area contributed by atoms with Gasteiger partial charge in [0.15, 0.2) is 5.82 Å². The molecule has 0 fully saturated rings. The van der Waals surface area contributed by atoms with Crippen molar-refractivity contribution in [3.63, 3.8) is 0 Å². The summed E-state index contributed by atoms with van der Waals surface area (Å²) in [5.74, 6) is 0.677. The highest BCUT2D eigenvalue weighted by atomic mass is 32.1. The third-order valence-corrected chi connectivity index (χ3v) is 11.1. The normalized spacial score (nSPS) is 11.9. The molecule has 0 unspecified atom stereocenters. The van der Waals surface area contributed by atoms with Crippen LogP contribution in [0.25, 0.3) is 109 Å². The molecule has 0 saturated heterocycles. The van der Waals surface area contributed by atoms with Crippen LogP contribution in [0.15, 0.2) is 167 Å². The number of hydrogen-bond acceptors (Lipinski definition) is 5. The maximum Gasteiger partial charge on any atom is 0.161 e. The summed E-state index contributed by atoms with van der Waals surface area (Å²) in [6.07, 6.45) is 0. The van der Waals surface area contributed by atoms with Crippen LogP contribution in [0.3, 0.4) is 0 Å². The Morgan fingerprint density at radius 3 is 1.84 bits per heavy atom. The standard InChI is InChI=1S/C46H26N2O2S/c1-3-10-27(11-4-1)29-20-23-41-36(26-29)44-45(51-41)43(28-12-5-2-6-13-28)47-46(48-44)33-15-9-17-40-42(33)35-25-31(19-22-39(35)50-40)30-18-21-38-34(24-30)32-14-7-8-16-37(32)49-38/h1-26H. The molecule has 4 heterocycles. The highest BCUT2D eigenvalue weighted by molar-refractivity contribution is 7.26. The maximum atomic E-state index is 6.47. The topological polar surface area (TPSA) is 52.1 Å². The summed E-state index contributed by atoms with van der Waals surface area (Å²) in [5, 5.41) is 5.39. The number of hydrogen-bond donors (Lipinski definition) is 0. The molecule has 5 heteroatoms. The van der Waals surface area contributed by atoms with Gasteiger partial charge >= 0.3 is 0 Å². The van der Waals surface area contributed by atoms with Crippen LogP contribution in [0.5, 0.6) is 0 Å². The zero-order valence-electron chi connectivity index (χ0n) is 27.1. The van der Waals surface area contributed by atoms with Crippen LogP contribution in [0.2, 0.25) is 0 Å². The molecule has 0 atom stereocenters. The van der Waals surface area contributed by atoms with Crippen molar-refractivity contribution in [1.82, 2.24) is 9.97 Å². The molecule has 238 valence electrons. The number of furan rings is 2. The summed E-state index contributed by atoms with van der Waals surface area (Å²) >= 11 is 1.75. The molecule has 0 saturated carbocycles. The van der Waals surface area contributed by atoms with E-state index in [4.69, 9.17) is 18.8 Å². The molecular weight excluding hydrogens is 645 g/mol. The van der Waals surface area contributed by atoms with Gasteiger partial charge in [-0.1, -0.05) is 109 Å². The average Bonchev–Trinajstić information content (AvgIpc) is 3.88. The van der Waals surface area contributed by atoms with E-state index in [0.717, 1.165) is 87.4 Å². The summed E-state index contributed by atoms with van der Waals surface area (Å²) in [6.45, 7) is 0. The van der Waals surface area contributed by atoms with Gasteiger partial charge in [-0.15, -0.1) is 11.3 Å². The summed E-state index contributed by atoms with van der Waals surface area (Å²) in [4.78, 5) is 10.7. The fourth-order valence-electron chi connectivity index (χ4n) is 7.46. The molecular formula is C46H26N2O2S. The zero-order chi connectivity index (χ0) is 33.5. The minimum Gasteiger partial charge on any atom is -0.456 e. The van der Waals surface area contributed by atoms with Gasteiger partial charge in [-0.05, 0) is 70.8 Å². The van der Waals surface area contributed by atoms with E-state index in [1.54, 1.807) is 11.3 Å². The molecule has 51 heavy (non-hydrogen) atoms. The predicted octanol–water partition coefficient (Wildman–Crippen LogP) is 13.3. The van der Waals surface area contributed by atoms with Crippen molar-refractivity contribution in [2.24, 2.45) is 0 Å². The molecule has 0 aliphatic rings. The van der Waals surface area contributed by atoms with E-state index in [1.807, 2.05) is 30.3 Å². The largest absolute Gasteiger partial charge is 0.456 e. The predicted molar refractivity (Wildman–Crippen MR) is 211 cm³/mol. The molecule has 4 aromatic heterocycles. The fourth-order valence-corrected chi connectivity index (χ4v) is 8.60. The number of fused-ring (bicyclic) bond motifs is 9. The lowest BCUT2D eigenvalue weighted by molar-refractivity contribution is 0.668.